The van der Waals surface area contributed by atoms with Crippen LogP contribution in [0.1, 0.15) is 21.5 Å². The molecule has 0 atom stereocenters. The molecular formula is C16H17ClN2O. The monoisotopic (exact) mass is 288 g/mol. The van der Waals surface area contributed by atoms with E-state index < -0.39 is 0 Å². The van der Waals surface area contributed by atoms with Crippen molar-refractivity contribution in [2.45, 2.75) is 13.0 Å². The average molecular weight is 289 g/mol. The van der Waals surface area contributed by atoms with E-state index in [1.165, 1.54) is 5.56 Å². The second-order valence-corrected chi connectivity index (χ2v) is 4.92. The Bertz CT molecular complexity index is 581. The molecule has 0 aromatic heterocycles. The quantitative estimate of drug-likeness (QED) is 0.889. The third-order valence-corrected chi connectivity index (χ3v) is 3.36. The van der Waals surface area contributed by atoms with E-state index in [9.17, 15) is 4.79 Å². The molecular weight excluding hydrogens is 272 g/mol. The molecule has 2 aromatic rings. The summed E-state index contributed by atoms with van der Waals surface area (Å²) in [6, 6.07) is 15.1. The van der Waals surface area contributed by atoms with Crippen LogP contribution in [0.25, 0.3) is 0 Å². The van der Waals surface area contributed by atoms with E-state index in [4.69, 9.17) is 17.3 Å². The molecule has 1 amide bonds. The Labute approximate surface area is 123 Å². The van der Waals surface area contributed by atoms with Gasteiger partial charge in [0.05, 0.1) is 10.6 Å². The number of nitrogens with two attached hydrogens (primary N) is 1. The summed E-state index contributed by atoms with van der Waals surface area (Å²) in [7, 11) is 0. The molecule has 0 aliphatic carbocycles. The van der Waals surface area contributed by atoms with Crippen LogP contribution in [0.4, 0.5) is 0 Å². The summed E-state index contributed by atoms with van der Waals surface area (Å²) < 4.78 is 0. The minimum atomic E-state index is -0.165. The maximum Gasteiger partial charge on any atom is 0.253 e. The largest absolute Gasteiger partial charge is 0.348 e. The highest BCUT2D eigenvalue weighted by Gasteiger charge is 2.08. The molecule has 0 saturated carbocycles. The summed E-state index contributed by atoms with van der Waals surface area (Å²) in [4.78, 5) is 12.0. The van der Waals surface area contributed by atoms with Crippen molar-refractivity contribution in [3.8, 4) is 0 Å². The first kappa shape index (κ1) is 14.6. The van der Waals surface area contributed by atoms with Crippen LogP contribution in [-0.2, 0) is 13.0 Å². The van der Waals surface area contributed by atoms with Gasteiger partial charge >= 0.3 is 0 Å². The smallest absolute Gasteiger partial charge is 0.253 e. The van der Waals surface area contributed by atoms with Gasteiger partial charge in [-0.15, -0.1) is 0 Å². The Kier molecular flexibility index (Phi) is 5.16. The number of benzene rings is 2. The maximum atomic E-state index is 12.0. The van der Waals surface area contributed by atoms with Crippen molar-refractivity contribution in [3.63, 3.8) is 0 Å². The van der Waals surface area contributed by atoms with Crippen LogP contribution in [0, 0.1) is 0 Å². The van der Waals surface area contributed by atoms with Crippen molar-refractivity contribution < 1.29 is 4.79 Å². The Morgan fingerprint density at radius 1 is 1.05 bits per heavy atom. The third kappa shape index (κ3) is 3.83. The molecule has 0 heterocycles. The lowest BCUT2D eigenvalue weighted by molar-refractivity contribution is 0.0951. The number of halogens is 1. The van der Waals surface area contributed by atoms with Crippen LogP contribution >= 0.6 is 11.6 Å². The van der Waals surface area contributed by atoms with Crippen LogP contribution in [0.15, 0.2) is 48.5 Å². The van der Waals surface area contributed by atoms with Crippen LogP contribution < -0.4 is 11.1 Å². The molecule has 0 unspecified atom stereocenters. The number of rotatable bonds is 5. The van der Waals surface area contributed by atoms with E-state index in [1.54, 1.807) is 24.3 Å². The zero-order valence-electron chi connectivity index (χ0n) is 11.1. The van der Waals surface area contributed by atoms with Crippen LogP contribution in [0.3, 0.4) is 0 Å². The fraction of sp³-hybridized carbons (Fsp3) is 0.188. The zero-order valence-corrected chi connectivity index (χ0v) is 11.9. The number of carbonyl (C=O) groups excluding carboxylic acids is 1. The molecule has 0 saturated heterocycles. The normalized spacial score (nSPS) is 10.3. The molecule has 4 heteroatoms. The SMILES string of the molecule is NCCc1ccc(CNC(=O)c2ccccc2Cl)cc1. The van der Waals surface area contributed by atoms with Gasteiger partial charge in [0, 0.05) is 6.54 Å². The van der Waals surface area contributed by atoms with Crippen molar-refractivity contribution in [2.24, 2.45) is 5.73 Å². The Morgan fingerprint density at radius 2 is 1.70 bits per heavy atom. The van der Waals surface area contributed by atoms with Crippen LogP contribution in [0.5, 0.6) is 0 Å². The molecule has 0 aliphatic rings. The molecule has 104 valence electrons. The molecule has 3 N–H and O–H groups in total. The first-order valence-corrected chi connectivity index (χ1v) is 6.89. The lowest BCUT2D eigenvalue weighted by Crippen LogP contribution is -2.23. The standard InChI is InChI=1S/C16H17ClN2O/c17-15-4-2-1-3-14(15)16(20)19-11-13-7-5-12(6-8-13)9-10-18/h1-8H,9-11,18H2,(H,19,20). The van der Waals surface area contributed by atoms with Gasteiger partial charge in [-0.2, -0.15) is 0 Å². The van der Waals surface area contributed by atoms with Gasteiger partial charge in [-0.05, 0) is 36.2 Å². The molecule has 0 bridgehead atoms. The van der Waals surface area contributed by atoms with E-state index in [1.807, 2.05) is 24.3 Å². The summed E-state index contributed by atoms with van der Waals surface area (Å²) in [5, 5.41) is 3.32. The number of amides is 1. The van der Waals surface area contributed by atoms with Crippen LogP contribution in [-0.4, -0.2) is 12.5 Å². The van der Waals surface area contributed by atoms with Crippen molar-refractivity contribution in [2.75, 3.05) is 6.54 Å². The van der Waals surface area contributed by atoms with Gasteiger partial charge in [-0.1, -0.05) is 48.0 Å². The van der Waals surface area contributed by atoms with Crippen molar-refractivity contribution in [1.82, 2.24) is 5.32 Å². The molecule has 0 radical (unpaired) electrons. The highest BCUT2D eigenvalue weighted by atomic mass is 35.5. The minimum absolute atomic E-state index is 0.165. The van der Waals surface area contributed by atoms with E-state index in [0.717, 1.165) is 12.0 Å². The van der Waals surface area contributed by atoms with Gasteiger partial charge in [0.15, 0.2) is 0 Å². The van der Waals surface area contributed by atoms with Gasteiger partial charge in [-0.25, -0.2) is 0 Å². The summed E-state index contributed by atoms with van der Waals surface area (Å²) in [5.41, 5.74) is 8.25. The van der Waals surface area contributed by atoms with Crippen molar-refractivity contribution in [3.05, 3.63) is 70.2 Å². The minimum Gasteiger partial charge on any atom is -0.348 e. The lowest BCUT2D eigenvalue weighted by Gasteiger charge is -2.07. The Balaban J connectivity index is 1.95. The van der Waals surface area contributed by atoms with Crippen LogP contribution in [0.2, 0.25) is 5.02 Å². The molecule has 2 aromatic carbocycles. The fourth-order valence-corrected chi connectivity index (χ4v) is 2.13. The summed E-state index contributed by atoms with van der Waals surface area (Å²) in [5.74, 6) is -0.165. The maximum absolute atomic E-state index is 12.0. The third-order valence-electron chi connectivity index (χ3n) is 3.03. The first-order valence-electron chi connectivity index (χ1n) is 6.51. The number of carbonyl (C=O) groups is 1. The Morgan fingerprint density at radius 3 is 2.35 bits per heavy atom. The van der Waals surface area contributed by atoms with Gasteiger partial charge in [0.25, 0.3) is 5.91 Å². The highest BCUT2D eigenvalue weighted by molar-refractivity contribution is 6.33. The molecule has 2 rings (SSSR count). The number of hydrogen-bond acceptors (Lipinski definition) is 2. The van der Waals surface area contributed by atoms with Gasteiger partial charge in [0.2, 0.25) is 0 Å². The first-order chi connectivity index (χ1) is 9.70. The highest BCUT2D eigenvalue weighted by Crippen LogP contribution is 2.14. The van der Waals surface area contributed by atoms with E-state index >= 15 is 0 Å². The fourth-order valence-electron chi connectivity index (χ4n) is 1.91. The van der Waals surface area contributed by atoms with Gasteiger partial charge in [-0.3, -0.25) is 4.79 Å². The van der Waals surface area contributed by atoms with E-state index in [2.05, 4.69) is 5.32 Å². The van der Waals surface area contributed by atoms with Gasteiger partial charge < -0.3 is 11.1 Å². The molecule has 0 fully saturated rings. The lowest BCUT2D eigenvalue weighted by atomic mass is 10.1. The predicted octanol–water partition coefficient (Wildman–Crippen LogP) is 2.77. The van der Waals surface area contributed by atoms with Crippen molar-refractivity contribution >= 4 is 17.5 Å². The molecule has 0 spiro atoms. The second-order valence-electron chi connectivity index (χ2n) is 4.52. The summed E-state index contributed by atoms with van der Waals surface area (Å²) >= 11 is 5.98. The molecule has 3 nitrogen and oxygen atoms in total. The Hall–Kier alpha value is -1.84. The zero-order chi connectivity index (χ0) is 14.4. The number of hydrogen-bond donors (Lipinski definition) is 2. The molecule has 20 heavy (non-hydrogen) atoms. The summed E-state index contributed by atoms with van der Waals surface area (Å²) in [6.07, 6.45) is 0.867. The molecule has 0 aliphatic heterocycles. The van der Waals surface area contributed by atoms with E-state index in [0.29, 0.717) is 23.7 Å². The topological polar surface area (TPSA) is 55.1 Å². The van der Waals surface area contributed by atoms with Gasteiger partial charge in [0.1, 0.15) is 0 Å². The van der Waals surface area contributed by atoms with E-state index in [-0.39, 0.29) is 5.91 Å². The number of nitrogens with one attached hydrogen (secondary N) is 1. The average Bonchev–Trinajstić information content (AvgIpc) is 2.47. The van der Waals surface area contributed by atoms with Crippen molar-refractivity contribution in [1.29, 1.82) is 0 Å². The predicted molar refractivity (Wildman–Crippen MR) is 81.8 cm³/mol. The summed E-state index contributed by atoms with van der Waals surface area (Å²) in [6.45, 7) is 1.12. The second kappa shape index (κ2) is 7.08.